The van der Waals surface area contributed by atoms with Gasteiger partial charge in [0.25, 0.3) is 5.91 Å². The predicted octanol–water partition coefficient (Wildman–Crippen LogP) is 6.42. The molecule has 1 aliphatic heterocycles. The van der Waals surface area contributed by atoms with Gasteiger partial charge in [0.05, 0.1) is 40.2 Å². The third-order valence-electron chi connectivity index (χ3n) is 6.69. The van der Waals surface area contributed by atoms with Crippen LogP contribution >= 0.6 is 11.8 Å². The average Bonchev–Trinajstić information content (AvgIpc) is 3.47. The third kappa shape index (κ3) is 6.27. The van der Waals surface area contributed by atoms with Gasteiger partial charge in [0.1, 0.15) is 5.76 Å². The van der Waals surface area contributed by atoms with Gasteiger partial charge < -0.3 is 20.4 Å². The number of carbonyl (C=O) groups is 2. The van der Waals surface area contributed by atoms with Crippen molar-refractivity contribution >= 4 is 35.0 Å². The van der Waals surface area contributed by atoms with Crippen LogP contribution in [0, 0.1) is 18.3 Å². The number of aryl methyl sites for hydroxylation is 3. The minimum absolute atomic E-state index is 0.0891. The van der Waals surface area contributed by atoms with Gasteiger partial charge in [-0.3, -0.25) is 9.59 Å². The Balaban J connectivity index is 1.59. The molecule has 0 saturated carbocycles. The first kappa shape index (κ1) is 27.8. The highest BCUT2D eigenvalue weighted by Gasteiger charge is 2.36. The van der Waals surface area contributed by atoms with Crippen LogP contribution in [0.25, 0.3) is 0 Å². The lowest BCUT2D eigenvalue weighted by Gasteiger charge is -2.28. The number of nitrogens with one attached hydrogen (secondary N) is 3. The Morgan fingerprint density at radius 3 is 2.44 bits per heavy atom. The Kier molecular flexibility index (Phi) is 8.95. The molecule has 1 atom stereocenters. The van der Waals surface area contributed by atoms with Crippen LogP contribution in [0.15, 0.2) is 87.1 Å². The first-order valence-electron chi connectivity index (χ1n) is 12.9. The molecule has 200 valence electrons. The van der Waals surface area contributed by atoms with Crippen molar-refractivity contribution in [2.75, 3.05) is 16.4 Å². The number of furan rings is 1. The van der Waals surface area contributed by atoms with Gasteiger partial charge in [-0.25, -0.2) is 0 Å². The zero-order valence-corrected chi connectivity index (χ0v) is 23.4. The maximum absolute atomic E-state index is 13.7. The summed E-state index contributed by atoms with van der Waals surface area (Å²) in [6, 6.07) is 19.4. The van der Waals surface area contributed by atoms with Crippen LogP contribution in [0.5, 0.6) is 0 Å². The Morgan fingerprint density at radius 1 is 1.03 bits per heavy atom. The van der Waals surface area contributed by atoms with E-state index in [0.29, 0.717) is 27.6 Å². The van der Waals surface area contributed by atoms with Crippen LogP contribution in [0.2, 0.25) is 0 Å². The Morgan fingerprint density at radius 2 is 1.79 bits per heavy atom. The Hall–Kier alpha value is -4.22. The zero-order chi connectivity index (χ0) is 27.9. The number of para-hydroxylation sites is 1. The van der Waals surface area contributed by atoms with Gasteiger partial charge >= 0.3 is 0 Å². The molecule has 3 N–H and O–H groups in total. The molecule has 1 aromatic heterocycles. The molecule has 0 spiro atoms. The van der Waals surface area contributed by atoms with Gasteiger partial charge in [-0.15, -0.1) is 0 Å². The van der Waals surface area contributed by atoms with Crippen LogP contribution in [0.1, 0.15) is 49.1 Å². The van der Waals surface area contributed by atoms with Crippen molar-refractivity contribution in [3.63, 3.8) is 0 Å². The standard InChI is InChI=1S/C31H32N4O3S/c1-5-21-12-14-23(15-13-21)34-26(36)18-39-31-24(17-32)28(25-11-8-16-38-25)27(20(4)33-31)30(37)35-29-19(3)9-7-10-22(29)6-2/h7-16,28,33H,5-6,18H2,1-4H3,(H,34,36)(H,35,37)/t28-/m1/s1. The second-order valence-corrected chi connectivity index (χ2v) is 10.3. The van der Waals surface area contributed by atoms with Crippen molar-refractivity contribution in [2.45, 2.75) is 46.5 Å². The van der Waals surface area contributed by atoms with E-state index in [1.165, 1.54) is 23.6 Å². The molecule has 1 aliphatic rings. The molecule has 0 radical (unpaired) electrons. The monoisotopic (exact) mass is 540 g/mol. The summed E-state index contributed by atoms with van der Waals surface area (Å²) in [4.78, 5) is 26.4. The molecule has 0 aliphatic carbocycles. The second-order valence-electron chi connectivity index (χ2n) is 9.27. The molecular weight excluding hydrogens is 508 g/mol. The number of allylic oxidation sites excluding steroid dienone is 2. The molecular formula is C31H32N4O3S. The maximum atomic E-state index is 13.7. The number of benzene rings is 2. The summed E-state index contributed by atoms with van der Waals surface area (Å²) < 4.78 is 5.71. The lowest BCUT2D eigenvalue weighted by molar-refractivity contribution is -0.114. The summed E-state index contributed by atoms with van der Waals surface area (Å²) in [6.07, 6.45) is 3.22. The summed E-state index contributed by atoms with van der Waals surface area (Å²) in [5, 5.41) is 20.0. The number of nitrogens with zero attached hydrogens (tertiary/aromatic N) is 1. The molecule has 2 amide bonds. The largest absolute Gasteiger partial charge is 0.468 e. The Bertz CT molecular complexity index is 1460. The number of rotatable bonds is 9. The average molecular weight is 541 g/mol. The first-order chi connectivity index (χ1) is 18.9. The fourth-order valence-electron chi connectivity index (χ4n) is 4.61. The van der Waals surface area contributed by atoms with E-state index in [4.69, 9.17) is 4.42 Å². The van der Waals surface area contributed by atoms with Gasteiger partial charge in [0.2, 0.25) is 5.91 Å². The van der Waals surface area contributed by atoms with Crippen LogP contribution in [0.3, 0.4) is 0 Å². The summed E-state index contributed by atoms with van der Waals surface area (Å²) in [7, 11) is 0. The van der Waals surface area contributed by atoms with E-state index in [-0.39, 0.29) is 17.6 Å². The third-order valence-corrected chi connectivity index (χ3v) is 7.71. The van der Waals surface area contributed by atoms with E-state index in [9.17, 15) is 14.9 Å². The van der Waals surface area contributed by atoms with E-state index in [2.05, 4.69) is 28.9 Å². The molecule has 0 saturated heterocycles. The lowest BCUT2D eigenvalue weighted by Crippen LogP contribution is -2.31. The molecule has 3 aromatic rings. The molecule has 0 fully saturated rings. The number of dihydropyridines is 1. The lowest BCUT2D eigenvalue weighted by atomic mass is 9.85. The number of amides is 2. The van der Waals surface area contributed by atoms with E-state index >= 15 is 0 Å². The highest BCUT2D eigenvalue weighted by molar-refractivity contribution is 8.03. The molecule has 2 heterocycles. The van der Waals surface area contributed by atoms with E-state index < -0.39 is 5.92 Å². The second kappa shape index (κ2) is 12.5. The number of thioether (sulfide) groups is 1. The van der Waals surface area contributed by atoms with Crippen LogP contribution < -0.4 is 16.0 Å². The SMILES string of the molecule is CCc1ccc(NC(=O)CSC2=C(C#N)[C@H](c3ccco3)C(C(=O)Nc3c(C)cccc3CC)=C(C)N2)cc1. The first-order valence-corrected chi connectivity index (χ1v) is 13.9. The summed E-state index contributed by atoms with van der Waals surface area (Å²) in [6.45, 7) is 7.87. The minimum atomic E-state index is -0.715. The van der Waals surface area contributed by atoms with Crippen molar-refractivity contribution in [3.8, 4) is 6.07 Å². The van der Waals surface area contributed by atoms with Gasteiger partial charge in [-0.05, 0) is 67.6 Å². The molecule has 2 aromatic carbocycles. The fraction of sp³-hybridized carbons (Fsp3) is 0.258. The normalized spacial score (nSPS) is 15.0. The molecule has 0 bridgehead atoms. The van der Waals surface area contributed by atoms with Gasteiger partial charge in [0, 0.05) is 17.1 Å². The van der Waals surface area contributed by atoms with Gasteiger partial charge in [-0.1, -0.05) is 55.9 Å². The van der Waals surface area contributed by atoms with Crippen molar-refractivity contribution in [1.29, 1.82) is 5.26 Å². The van der Waals surface area contributed by atoms with Gasteiger partial charge in [-0.2, -0.15) is 5.26 Å². The molecule has 39 heavy (non-hydrogen) atoms. The predicted molar refractivity (Wildman–Crippen MR) is 156 cm³/mol. The Labute approximate surface area is 233 Å². The van der Waals surface area contributed by atoms with E-state index in [1.54, 1.807) is 19.1 Å². The number of anilines is 2. The molecule has 7 nitrogen and oxygen atoms in total. The summed E-state index contributed by atoms with van der Waals surface area (Å²) in [5.41, 5.74) is 5.99. The molecule has 0 unspecified atom stereocenters. The number of hydrogen-bond acceptors (Lipinski definition) is 6. The van der Waals surface area contributed by atoms with Crippen molar-refractivity contribution in [3.05, 3.63) is 105 Å². The van der Waals surface area contributed by atoms with Gasteiger partial charge in [0.15, 0.2) is 0 Å². The number of hydrogen-bond donors (Lipinski definition) is 3. The molecule has 4 rings (SSSR count). The number of carbonyl (C=O) groups excluding carboxylic acids is 2. The van der Waals surface area contributed by atoms with Crippen molar-refractivity contribution in [2.24, 2.45) is 0 Å². The zero-order valence-electron chi connectivity index (χ0n) is 22.6. The van der Waals surface area contributed by atoms with Crippen molar-refractivity contribution in [1.82, 2.24) is 5.32 Å². The van der Waals surface area contributed by atoms with E-state index in [0.717, 1.165) is 35.3 Å². The highest BCUT2D eigenvalue weighted by atomic mass is 32.2. The number of nitriles is 1. The van der Waals surface area contributed by atoms with Crippen LogP contribution in [-0.4, -0.2) is 17.6 Å². The smallest absolute Gasteiger partial charge is 0.254 e. The summed E-state index contributed by atoms with van der Waals surface area (Å²) in [5.74, 6) is -0.645. The highest BCUT2D eigenvalue weighted by Crippen LogP contribution is 2.41. The topological polar surface area (TPSA) is 107 Å². The minimum Gasteiger partial charge on any atom is -0.468 e. The van der Waals surface area contributed by atoms with Crippen LogP contribution in [0.4, 0.5) is 11.4 Å². The van der Waals surface area contributed by atoms with E-state index in [1.807, 2.05) is 56.3 Å². The van der Waals surface area contributed by atoms with Crippen LogP contribution in [-0.2, 0) is 22.4 Å². The quantitative estimate of drug-likeness (QED) is 0.289. The van der Waals surface area contributed by atoms with Crippen molar-refractivity contribution < 1.29 is 14.0 Å². The summed E-state index contributed by atoms with van der Waals surface area (Å²) >= 11 is 1.22. The fourth-order valence-corrected chi connectivity index (χ4v) is 5.50. The maximum Gasteiger partial charge on any atom is 0.254 e. The molecule has 8 heteroatoms.